The van der Waals surface area contributed by atoms with Crippen LogP contribution < -0.4 is 10.1 Å². The monoisotopic (exact) mass is 371 g/mol. The Morgan fingerprint density at radius 2 is 2.05 bits per heavy atom. The van der Waals surface area contributed by atoms with Crippen LogP contribution in [0.15, 0.2) is 40.9 Å². The summed E-state index contributed by atoms with van der Waals surface area (Å²) in [6.07, 6.45) is 0. The highest BCUT2D eigenvalue weighted by Crippen LogP contribution is 2.32. The Morgan fingerprint density at radius 3 is 2.67 bits per heavy atom. The summed E-state index contributed by atoms with van der Waals surface area (Å²) in [5.74, 6) is 0.478. The van der Waals surface area contributed by atoms with Crippen LogP contribution in [0, 0.1) is 5.82 Å². The van der Waals surface area contributed by atoms with Gasteiger partial charge in [-0.15, -0.1) is 0 Å². The van der Waals surface area contributed by atoms with Gasteiger partial charge in [0.15, 0.2) is 0 Å². The predicted molar refractivity (Wildman–Crippen MR) is 87.6 cm³/mol. The molecule has 0 saturated carbocycles. The summed E-state index contributed by atoms with van der Waals surface area (Å²) in [7, 11) is 1.79. The Kier molecular flexibility index (Phi) is 5.62. The highest BCUT2D eigenvalue weighted by atomic mass is 79.9. The van der Waals surface area contributed by atoms with Gasteiger partial charge in [-0.25, -0.2) is 4.39 Å². The third kappa shape index (κ3) is 3.76. The van der Waals surface area contributed by atoms with E-state index in [-0.39, 0.29) is 11.9 Å². The lowest BCUT2D eigenvalue weighted by Crippen LogP contribution is -2.19. The van der Waals surface area contributed by atoms with Crippen molar-refractivity contribution in [3.05, 3.63) is 62.8 Å². The first-order valence-corrected chi connectivity index (χ1v) is 7.78. The van der Waals surface area contributed by atoms with Gasteiger partial charge >= 0.3 is 0 Å². The maximum atomic E-state index is 14.1. The molecule has 0 radical (unpaired) electrons. The van der Waals surface area contributed by atoms with Crippen LogP contribution in [0.3, 0.4) is 0 Å². The largest absolute Gasteiger partial charge is 0.493 e. The molecule has 1 unspecified atom stereocenters. The summed E-state index contributed by atoms with van der Waals surface area (Å²) in [5, 5.41) is 3.63. The van der Waals surface area contributed by atoms with Crippen LogP contribution in [0.5, 0.6) is 5.75 Å². The van der Waals surface area contributed by atoms with Gasteiger partial charge in [0.25, 0.3) is 0 Å². The van der Waals surface area contributed by atoms with Crippen molar-refractivity contribution in [3.63, 3.8) is 0 Å². The number of rotatable bonds is 5. The van der Waals surface area contributed by atoms with Gasteiger partial charge < -0.3 is 10.1 Å². The van der Waals surface area contributed by atoms with Crippen LogP contribution in [0.25, 0.3) is 0 Å². The van der Waals surface area contributed by atoms with E-state index in [2.05, 4.69) is 21.2 Å². The quantitative estimate of drug-likeness (QED) is 0.802. The van der Waals surface area contributed by atoms with E-state index in [4.69, 9.17) is 16.3 Å². The van der Waals surface area contributed by atoms with Crippen molar-refractivity contribution in [2.75, 3.05) is 13.7 Å². The summed E-state index contributed by atoms with van der Waals surface area (Å²) in [5.41, 5.74) is 1.44. The summed E-state index contributed by atoms with van der Waals surface area (Å²) in [6.45, 7) is 2.52. The predicted octanol–water partition coefficient (Wildman–Crippen LogP) is 4.95. The molecule has 1 atom stereocenters. The molecule has 0 aromatic heterocycles. The normalized spacial score (nSPS) is 12.2. The van der Waals surface area contributed by atoms with E-state index < -0.39 is 0 Å². The molecular weight excluding hydrogens is 357 g/mol. The lowest BCUT2D eigenvalue weighted by Gasteiger charge is -2.19. The molecule has 112 valence electrons. The Hall–Kier alpha value is -1.10. The topological polar surface area (TPSA) is 21.3 Å². The lowest BCUT2D eigenvalue weighted by molar-refractivity contribution is 0.338. The fraction of sp³-hybridized carbons (Fsp3) is 0.250. The Labute approximate surface area is 137 Å². The standard InChI is InChI=1S/C16H16BrClFNO/c1-3-21-15-7-4-10(8-13(15)17)16(20-2)12-9-11(18)5-6-14(12)19/h4-9,16,20H,3H2,1-2H3. The van der Waals surface area contributed by atoms with Crippen LogP contribution in [-0.2, 0) is 0 Å². The molecule has 0 spiro atoms. The number of ether oxygens (including phenoxy) is 1. The van der Waals surface area contributed by atoms with Crippen molar-refractivity contribution in [3.8, 4) is 5.75 Å². The molecule has 21 heavy (non-hydrogen) atoms. The van der Waals surface area contributed by atoms with Gasteiger partial charge in [0, 0.05) is 10.6 Å². The highest BCUT2D eigenvalue weighted by molar-refractivity contribution is 9.10. The van der Waals surface area contributed by atoms with Gasteiger partial charge in [0.1, 0.15) is 11.6 Å². The van der Waals surface area contributed by atoms with Crippen molar-refractivity contribution in [2.24, 2.45) is 0 Å². The SMILES string of the molecule is CCOc1ccc(C(NC)c2cc(Cl)ccc2F)cc1Br. The van der Waals surface area contributed by atoms with Gasteiger partial charge in [-0.2, -0.15) is 0 Å². The molecule has 0 amide bonds. The first kappa shape index (κ1) is 16.3. The Morgan fingerprint density at radius 1 is 1.29 bits per heavy atom. The molecule has 2 aromatic carbocycles. The summed E-state index contributed by atoms with van der Waals surface area (Å²) < 4.78 is 20.4. The van der Waals surface area contributed by atoms with Crippen molar-refractivity contribution >= 4 is 27.5 Å². The average molecular weight is 373 g/mol. The Balaban J connectivity index is 2.42. The first-order chi connectivity index (χ1) is 10.1. The minimum Gasteiger partial charge on any atom is -0.493 e. The second-order valence-electron chi connectivity index (χ2n) is 4.51. The lowest BCUT2D eigenvalue weighted by atomic mass is 9.98. The van der Waals surface area contributed by atoms with E-state index >= 15 is 0 Å². The molecule has 0 aliphatic carbocycles. The number of hydrogen-bond acceptors (Lipinski definition) is 2. The number of benzene rings is 2. The number of hydrogen-bond donors (Lipinski definition) is 1. The Bertz CT molecular complexity index is 636. The molecule has 0 aliphatic rings. The zero-order chi connectivity index (χ0) is 15.4. The number of halogens is 3. The molecule has 2 rings (SSSR count). The van der Waals surface area contributed by atoms with Crippen LogP contribution in [0.2, 0.25) is 5.02 Å². The second kappa shape index (κ2) is 7.25. The molecule has 0 fully saturated rings. The van der Waals surface area contributed by atoms with Crippen molar-refractivity contribution in [1.82, 2.24) is 5.32 Å². The molecule has 0 saturated heterocycles. The van der Waals surface area contributed by atoms with E-state index in [1.807, 2.05) is 25.1 Å². The van der Waals surface area contributed by atoms with Gasteiger partial charge in [-0.3, -0.25) is 0 Å². The molecule has 0 heterocycles. The molecule has 0 aliphatic heterocycles. The molecule has 2 aromatic rings. The molecule has 0 bridgehead atoms. The summed E-state index contributed by atoms with van der Waals surface area (Å²) >= 11 is 9.46. The summed E-state index contributed by atoms with van der Waals surface area (Å²) in [4.78, 5) is 0. The van der Waals surface area contributed by atoms with Crippen LogP contribution >= 0.6 is 27.5 Å². The van der Waals surface area contributed by atoms with E-state index in [9.17, 15) is 4.39 Å². The van der Waals surface area contributed by atoms with Gasteiger partial charge in [0.05, 0.1) is 17.1 Å². The smallest absolute Gasteiger partial charge is 0.133 e. The van der Waals surface area contributed by atoms with Crippen LogP contribution in [0.1, 0.15) is 24.1 Å². The third-order valence-corrected chi connectivity index (χ3v) is 4.00. The van der Waals surface area contributed by atoms with E-state index in [0.717, 1.165) is 15.8 Å². The van der Waals surface area contributed by atoms with E-state index in [0.29, 0.717) is 17.2 Å². The third-order valence-electron chi connectivity index (χ3n) is 3.15. The maximum absolute atomic E-state index is 14.1. The zero-order valence-electron chi connectivity index (χ0n) is 11.8. The number of nitrogens with one attached hydrogen (secondary N) is 1. The van der Waals surface area contributed by atoms with Crippen molar-refractivity contribution in [2.45, 2.75) is 13.0 Å². The van der Waals surface area contributed by atoms with E-state index in [1.165, 1.54) is 6.07 Å². The van der Waals surface area contributed by atoms with Gasteiger partial charge in [-0.1, -0.05) is 17.7 Å². The fourth-order valence-electron chi connectivity index (χ4n) is 2.21. The summed E-state index contributed by atoms with van der Waals surface area (Å²) in [6, 6.07) is 9.99. The first-order valence-electron chi connectivity index (χ1n) is 6.61. The van der Waals surface area contributed by atoms with Crippen molar-refractivity contribution in [1.29, 1.82) is 0 Å². The van der Waals surface area contributed by atoms with Crippen LogP contribution in [0.4, 0.5) is 4.39 Å². The fourth-order valence-corrected chi connectivity index (χ4v) is 2.90. The average Bonchev–Trinajstić information content (AvgIpc) is 2.46. The van der Waals surface area contributed by atoms with Crippen molar-refractivity contribution < 1.29 is 9.13 Å². The van der Waals surface area contributed by atoms with Gasteiger partial charge in [-0.05, 0) is 65.8 Å². The molecule has 5 heteroatoms. The molecular formula is C16H16BrClFNO. The van der Waals surface area contributed by atoms with Gasteiger partial charge in [0.2, 0.25) is 0 Å². The second-order valence-corrected chi connectivity index (χ2v) is 5.80. The minimum atomic E-state index is -0.288. The minimum absolute atomic E-state index is 0.282. The van der Waals surface area contributed by atoms with Crippen LogP contribution in [-0.4, -0.2) is 13.7 Å². The maximum Gasteiger partial charge on any atom is 0.133 e. The highest BCUT2D eigenvalue weighted by Gasteiger charge is 2.18. The van der Waals surface area contributed by atoms with E-state index in [1.54, 1.807) is 19.2 Å². The zero-order valence-corrected chi connectivity index (χ0v) is 14.1. The molecule has 2 nitrogen and oxygen atoms in total. The molecule has 1 N–H and O–H groups in total.